The summed E-state index contributed by atoms with van der Waals surface area (Å²) in [6.07, 6.45) is 6.35. The first kappa shape index (κ1) is 9.53. The average Bonchev–Trinajstić information content (AvgIpc) is 2.57. The molecule has 1 nitrogen and oxygen atoms in total. The maximum Gasteiger partial charge on any atom is 0.0494 e. The van der Waals surface area contributed by atoms with Gasteiger partial charge in [0.2, 0.25) is 0 Å². The molecule has 0 aliphatic heterocycles. The Morgan fingerprint density at radius 2 is 2.21 bits per heavy atom. The number of benzene rings is 1. The summed E-state index contributed by atoms with van der Waals surface area (Å²) in [4.78, 5) is 0. The van der Waals surface area contributed by atoms with Gasteiger partial charge in [-0.3, -0.25) is 0 Å². The zero-order valence-electron chi connectivity index (χ0n) is 8.07. The number of nitrogens with zero attached hydrogens (tertiary/aromatic N) is 1. The number of hydrogen-bond acceptors (Lipinski definition) is 0. The van der Waals surface area contributed by atoms with E-state index in [-0.39, 0.29) is 0 Å². The zero-order chi connectivity index (χ0) is 9.97. The van der Waals surface area contributed by atoms with Crippen LogP contribution in [0.15, 0.2) is 47.1 Å². The van der Waals surface area contributed by atoms with Crippen LogP contribution in [-0.2, 0) is 6.54 Å². The van der Waals surface area contributed by atoms with E-state index in [1.54, 1.807) is 0 Å². The van der Waals surface area contributed by atoms with Crippen LogP contribution in [-0.4, -0.2) is 4.57 Å². The first-order chi connectivity index (χ1) is 6.81. The predicted molar refractivity (Wildman–Crippen MR) is 64.5 cm³/mol. The minimum absolute atomic E-state index is 0.941. The van der Waals surface area contributed by atoms with E-state index in [0.29, 0.717) is 0 Å². The highest BCUT2D eigenvalue weighted by Gasteiger charge is 1.99. The lowest BCUT2D eigenvalue weighted by Crippen LogP contribution is -1.91. The van der Waals surface area contributed by atoms with Gasteiger partial charge in [-0.2, -0.15) is 0 Å². The zero-order valence-corrected chi connectivity index (χ0v) is 9.66. The number of fused-ring (bicyclic) bond motifs is 1. The van der Waals surface area contributed by atoms with E-state index in [2.05, 4.69) is 63.1 Å². The summed E-state index contributed by atoms with van der Waals surface area (Å²) >= 11 is 3.49. The number of allylic oxidation sites excluding steroid dienone is 2. The van der Waals surface area contributed by atoms with Gasteiger partial charge >= 0.3 is 0 Å². The van der Waals surface area contributed by atoms with Crippen LogP contribution in [0.5, 0.6) is 0 Å². The first-order valence-electron chi connectivity index (χ1n) is 4.67. The summed E-state index contributed by atoms with van der Waals surface area (Å²) in [7, 11) is 0. The molecular weight excluding hydrogens is 238 g/mol. The Morgan fingerprint density at radius 1 is 1.36 bits per heavy atom. The van der Waals surface area contributed by atoms with Crippen molar-refractivity contribution in [1.29, 1.82) is 0 Å². The van der Waals surface area contributed by atoms with E-state index >= 15 is 0 Å². The summed E-state index contributed by atoms with van der Waals surface area (Å²) in [5, 5.41) is 1.29. The van der Waals surface area contributed by atoms with Crippen molar-refractivity contribution in [3.05, 3.63) is 47.1 Å². The van der Waals surface area contributed by atoms with E-state index in [9.17, 15) is 0 Å². The highest BCUT2D eigenvalue weighted by molar-refractivity contribution is 9.10. The van der Waals surface area contributed by atoms with Crippen LogP contribution in [0.1, 0.15) is 6.92 Å². The molecule has 0 saturated heterocycles. The fourth-order valence-corrected chi connectivity index (χ4v) is 1.88. The number of halogens is 1. The lowest BCUT2D eigenvalue weighted by Gasteiger charge is -2.01. The van der Waals surface area contributed by atoms with Crippen LogP contribution in [0.4, 0.5) is 0 Å². The maximum absolute atomic E-state index is 3.49. The minimum atomic E-state index is 0.941. The van der Waals surface area contributed by atoms with Crippen molar-refractivity contribution < 1.29 is 0 Å². The monoisotopic (exact) mass is 249 g/mol. The van der Waals surface area contributed by atoms with Crippen LogP contribution in [0, 0.1) is 0 Å². The average molecular weight is 250 g/mol. The van der Waals surface area contributed by atoms with Crippen molar-refractivity contribution in [3.8, 4) is 0 Å². The molecule has 14 heavy (non-hydrogen) atoms. The number of aromatic nitrogens is 1. The summed E-state index contributed by atoms with van der Waals surface area (Å²) in [5.74, 6) is 0. The van der Waals surface area contributed by atoms with Crippen molar-refractivity contribution in [2.45, 2.75) is 13.5 Å². The molecule has 1 heterocycles. The fourth-order valence-electron chi connectivity index (χ4n) is 1.54. The third-order valence-electron chi connectivity index (χ3n) is 2.27. The lowest BCUT2D eigenvalue weighted by molar-refractivity contribution is 0.862. The summed E-state index contributed by atoms with van der Waals surface area (Å²) in [6, 6.07) is 8.50. The van der Waals surface area contributed by atoms with Crippen molar-refractivity contribution in [2.24, 2.45) is 0 Å². The van der Waals surface area contributed by atoms with Crippen LogP contribution < -0.4 is 0 Å². The van der Waals surface area contributed by atoms with Crippen molar-refractivity contribution in [1.82, 2.24) is 4.57 Å². The third kappa shape index (κ3) is 1.75. The summed E-state index contributed by atoms with van der Waals surface area (Å²) < 4.78 is 3.37. The molecule has 2 rings (SSSR count). The van der Waals surface area contributed by atoms with Crippen molar-refractivity contribution >= 4 is 26.8 Å². The van der Waals surface area contributed by atoms with Crippen LogP contribution in [0.25, 0.3) is 10.9 Å². The molecule has 72 valence electrons. The molecule has 0 spiro atoms. The van der Waals surface area contributed by atoms with E-state index in [1.807, 2.05) is 6.92 Å². The van der Waals surface area contributed by atoms with Gasteiger partial charge in [0.1, 0.15) is 0 Å². The van der Waals surface area contributed by atoms with Gasteiger partial charge in [-0.05, 0) is 30.5 Å². The second kappa shape index (κ2) is 4.01. The first-order valence-corrected chi connectivity index (χ1v) is 5.46. The van der Waals surface area contributed by atoms with E-state index in [1.165, 1.54) is 10.9 Å². The molecule has 0 atom stereocenters. The van der Waals surface area contributed by atoms with Gasteiger partial charge in [-0.25, -0.2) is 0 Å². The normalized spacial score (nSPS) is 11.6. The molecule has 0 unspecified atom stereocenters. The molecular formula is C12H12BrN. The second-order valence-corrected chi connectivity index (χ2v) is 4.16. The van der Waals surface area contributed by atoms with Gasteiger partial charge in [0, 0.05) is 22.7 Å². The van der Waals surface area contributed by atoms with Gasteiger partial charge in [0.15, 0.2) is 0 Å². The topological polar surface area (TPSA) is 4.93 Å². The van der Waals surface area contributed by atoms with Gasteiger partial charge in [-0.1, -0.05) is 34.1 Å². The SMILES string of the molecule is C/C=C/Cn1ccc2ccc(Br)cc21. The minimum Gasteiger partial charge on any atom is -0.344 e. The van der Waals surface area contributed by atoms with E-state index in [4.69, 9.17) is 0 Å². The second-order valence-electron chi connectivity index (χ2n) is 3.24. The molecule has 2 heteroatoms. The number of hydrogen-bond donors (Lipinski definition) is 0. The smallest absolute Gasteiger partial charge is 0.0494 e. The molecule has 1 aromatic carbocycles. The quantitative estimate of drug-likeness (QED) is 0.710. The molecule has 0 aliphatic rings. The molecule has 0 radical (unpaired) electrons. The predicted octanol–water partition coefficient (Wildman–Crippen LogP) is 3.98. The Morgan fingerprint density at radius 3 is 3.00 bits per heavy atom. The molecule has 2 aromatic rings. The highest BCUT2D eigenvalue weighted by Crippen LogP contribution is 2.20. The van der Waals surface area contributed by atoms with Crippen LogP contribution in [0.3, 0.4) is 0 Å². The molecule has 0 saturated carbocycles. The standard InChI is InChI=1S/C12H12BrN/c1-2-3-7-14-8-6-10-4-5-11(13)9-12(10)14/h2-6,8-9H,7H2,1H3/b3-2+. The fraction of sp³-hybridized carbons (Fsp3) is 0.167. The number of rotatable bonds is 2. The summed E-state index contributed by atoms with van der Waals surface area (Å²) in [6.45, 7) is 2.98. The molecule has 1 aromatic heterocycles. The maximum atomic E-state index is 3.49. The van der Waals surface area contributed by atoms with Gasteiger partial charge < -0.3 is 4.57 Å². The molecule has 0 N–H and O–H groups in total. The Hall–Kier alpha value is -1.02. The highest BCUT2D eigenvalue weighted by atomic mass is 79.9. The van der Waals surface area contributed by atoms with Crippen molar-refractivity contribution in [3.63, 3.8) is 0 Å². The van der Waals surface area contributed by atoms with Crippen molar-refractivity contribution in [2.75, 3.05) is 0 Å². The third-order valence-corrected chi connectivity index (χ3v) is 2.77. The Labute approximate surface area is 92.2 Å². The molecule has 0 fully saturated rings. The molecule has 0 bridgehead atoms. The summed E-state index contributed by atoms with van der Waals surface area (Å²) in [5.41, 5.74) is 1.28. The molecule has 0 aliphatic carbocycles. The van der Waals surface area contributed by atoms with Crippen LogP contribution >= 0.6 is 15.9 Å². The van der Waals surface area contributed by atoms with E-state index < -0.39 is 0 Å². The van der Waals surface area contributed by atoms with Gasteiger partial charge in [0.05, 0.1) is 0 Å². The van der Waals surface area contributed by atoms with Crippen LogP contribution in [0.2, 0.25) is 0 Å². The Bertz CT molecular complexity index is 468. The Balaban J connectivity index is 2.49. The molecule has 0 amide bonds. The van der Waals surface area contributed by atoms with Gasteiger partial charge in [0.25, 0.3) is 0 Å². The lowest BCUT2D eigenvalue weighted by atomic mass is 10.2. The van der Waals surface area contributed by atoms with Gasteiger partial charge in [-0.15, -0.1) is 0 Å². The largest absolute Gasteiger partial charge is 0.344 e. The Kier molecular flexibility index (Phi) is 2.73. The van der Waals surface area contributed by atoms with E-state index in [0.717, 1.165) is 11.0 Å².